The van der Waals surface area contributed by atoms with Crippen molar-refractivity contribution in [1.82, 2.24) is 20.5 Å². The van der Waals surface area contributed by atoms with Gasteiger partial charge in [-0.1, -0.05) is 12.1 Å². The average molecular weight is 326 g/mol. The number of aromatic nitrogens is 3. The van der Waals surface area contributed by atoms with Crippen LogP contribution in [0.1, 0.15) is 28.0 Å². The van der Waals surface area contributed by atoms with Crippen LogP contribution in [0, 0.1) is 12.7 Å². The first-order valence-electron chi connectivity index (χ1n) is 7.85. The first-order valence-corrected chi connectivity index (χ1v) is 7.85. The molecule has 0 saturated heterocycles. The van der Waals surface area contributed by atoms with Crippen molar-refractivity contribution in [2.75, 3.05) is 6.54 Å². The van der Waals surface area contributed by atoms with Gasteiger partial charge >= 0.3 is 0 Å². The van der Waals surface area contributed by atoms with Crippen molar-refractivity contribution in [2.24, 2.45) is 0 Å². The molecule has 1 aromatic carbocycles. The van der Waals surface area contributed by atoms with Crippen molar-refractivity contribution >= 4 is 5.91 Å². The minimum absolute atomic E-state index is 0.139. The van der Waals surface area contributed by atoms with Crippen molar-refractivity contribution in [3.05, 3.63) is 65.5 Å². The third-order valence-corrected chi connectivity index (χ3v) is 3.99. The molecule has 3 N–H and O–H groups in total. The van der Waals surface area contributed by atoms with Crippen LogP contribution in [0.4, 0.5) is 4.39 Å². The standard InChI is InChI=1S/C18H19FN4O/c1-12-14(9-22-23-12)3-2-8-21-18(24)17-11-20-10-16(17)13-4-6-15(19)7-5-13/h4-7,9-11,20H,2-3,8H2,1H3,(H,21,24)(H,22,23). The molecule has 5 nitrogen and oxygen atoms in total. The van der Waals surface area contributed by atoms with E-state index in [9.17, 15) is 9.18 Å². The second kappa shape index (κ2) is 7.12. The largest absolute Gasteiger partial charge is 0.366 e. The van der Waals surface area contributed by atoms with Gasteiger partial charge in [0, 0.05) is 30.2 Å². The number of benzene rings is 1. The van der Waals surface area contributed by atoms with Gasteiger partial charge in [-0.2, -0.15) is 5.10 Å². The molecule has 0 aliphatic heterocycles. The minimum Gasteiger partial charge on any atom is -0.366 e. The Morgan fingerprint density at radius 2 is 2.04 bits per heavy atom. The summed E-state index contributed by atoms with van der Waals surface area (Å²) < 4.78 is 13.0. The molecular weight excluding hydrogens is 307 g/mol. The molecule has 0 unspecified atom stereocenters. The second-order valence-electron chi connectivity index (χ2n) is 5.67. The van der Waals surface area contributed by atoms with Gasteiger partial charge in [0.15, 0.2) is 0 Å². The van der Waals surface area contributed by atoms with E-state index in [0.29, 0.717) is 12.1 Å². The molecule has 2 heterocycles. The van der Waals surface area contributed by atoms with Gasteiger partial charge in [-0.05, 0) is 43.0 Å². The van der Waals surface area contributed by atoms with Crippen molar-refractivity contribution in [2.45, 2.75) is 19.8 Å². The molecule has 3 rings (SSSR count). The molecule has 24 heavy (non-hydrogen) atoms. The molecule has 0 aliphatic rings. The Kier molecular flexibility index (Phi) is 4.74. The normalized spacial score (nSPS) is 10.8. The van der Waals surface area contributed by atoms with Crippen LogP contribution in [0.5, 0.6) is 0 Å². The molecular formula is C18H19FN4O. The zero-order valence-electron chi connectivity index (χ0n) is 13.4. The van der Waals surface area contributed by atoms with Crippen LogP contribution in [0.2, 0.25) is 0 Å². The molecule has 1 amide bonds. The number of nitrogens with zero attached hydrogens (tertiary/aromatic N) is 1. The van der Waals surface area contributed by atoms with Gasteiger partial charge in [0.25, 0.3) is 5.91 Å². The molecule has 0 atom stereocenters. The number of aromatic amines is 2. The number of amides is 1. The van der Waals surface area contributed by atoms with Crippen LogP contribution in [-0.2, 0) is 6.42 Å². The summed E-state index contributed by atoms with van der Waals surface area (Å²) in [7, 11) is 0. The maximum Gasteiger partial charge on any atom is 0.253 e. The van der Waals surface area contributed by atoms with Crippen molar-refractivity contribution < 1.29 is 9.18 Å². The summed E-state index contributed by atoms with van der Waals surface area (Å²) in [4.78, 5) is 15.3. The van der Waals surface area contributed by atoms with E-state index >= 15 is 0 Å². The number of H-pyrrole nitrogens is 2. The molecule has 0 spiro atoms. The summed E-state index contributed by atoms with van der Waals surface area (Å²) in [5, 5.41) is 9.81. The molecule has 6 heteroatoms. The predicted molar refractivity (Wildman–Crippen MR) is 90.2 cm³/mol. The highest BCUT2D eigenvalue weighted by Gasteiger charge is 2.13. The molecule has 0 fully saturated rings. The Morgan fingerprint density at radius 1 is 1.25 bits per heavy atom. The van der Waals surface area contributed by atoms with Crippen LogP contribution in [0.25, 0.3) is 11.1 Å². The summed E-state index contributed by atoms with van der Waals surface area (Å²) in [5.41, 5.74) is 4.35. The fraction of sp³-hybridized carbons (Fsp3) is 0.222. The lowest BCUT2D eigenvalue weighted by Crippen LogP contribution is -2.24. The predicted octanol–water partition coefficient (Wildman–Crippen LogP) is 3.21. The number of hydrogen-bond acceptors (Lipinski definition) is 2. The Labute approximate surface area is 139 Å². The van der Waals surface area contributed by atoms with Crippen LogP contribution < -0.4 is 5.32 Å². The first-order chi connectivity index (χ1) is 11.6. The maximum atomic E-state index is 13.0. The highest BCUT2D eigenvalue weighted by Crippen LogP contribution is 2.23. The SMILES string of the molecule is Cc1[nH]ncc1CCCNC(=O)c1c[nH]cc1-c1ccc(F)cc1. The van der Waals surface area contributed by atoms with E-state index in [0.717, 1.165) is 35.2 Å². The summed E-state index contributed by atoms with van der Waals surface area (Å²) >= 11 is 0. The van der Waals surface area contributed by atoms with Gasteiger partial charge < -0.3 is 10.3 Å². The summed E-state index contributed by atoms with van der Waals surface area (Å²) in [6, 6.07) is 6.10. The van der Waals surface area contributed by atoms with Gasteiger partial charge in [0.05, 0.1) is 11.8 Å². The first kappa shape index (κ1) is 16.0. The molecule has 0 aliphatic carbocycles. The van der Waals surface area contributed by atoms with E-state index in [-0.39, 0.29) is 11.7 Å². The third kappa shape index (κ3) is 3.53. The van der Waals surface area contributed by atoms with E-state index in [1.165, 1.54) is 12.1 Å². The summed E-state index contributed by atoms with van der Waals surface area (Å²) in [6.07, 6.45) is 6.92. The average Bonchev–Trinajstić information content (AvgIpc) is 3.21. The van der Waals surface area contributed by atoms with Gasteiger partial charge in [0.1, 0.15) is 5.82 Å². The topological polar surface area (TPSA) is 73.6 Å². The van der Waals surface area contributed by atoms with Crippen LogP contribution in [0.15, 0.2) is 42.9 Å². The number of carbonyl (C=O) groups is 1. The fourth-order valence-electron chi connectivity index (χ4n) is 2.62. The Hall–Kier alpha value is -2.89. The van der Waals surface area contributed by atoms with Gasteiger partial charge in [-0.3, -0.25) is 9.89 Å². The zero-order valence-corrected chi connectivity index (χ0v) is 13.4. The van der Waals surface area contributed by atoms with E-state index in [1.807, 2.05) is 13.1 Å². The van der Waals surface area contributed by atoms with Crippen molar-refractivity contribution in [3.8, 4) is 11.1 Å². The van der Waals surface area contributed by atoms with E-state index in [1.54, 1.807) is 24.5 Å². The fourth-order valence-corrected chi connectivity index (χ4v) is 2.62. The van der Waals surface area contributed by atoms with Crippen LogP contribution in [-0.4, -0.2) is 27.6 Å². The minimum atomic E-state index is -0.296. The van der Waals surface area contributed by atoms with E-state index < -0.39 is 0 Å². The van der Waals surface area contributed by atoms with Gasteiger partial charge in [-0.25, -0.2) is 4.39 Å². The Morgan fingerprint density at radius 3 is 2.75 bits per heavy atom. The van der Waals surface area contributed by atoms with Crippen LogP contribution >= 0.6 is 0 Å². The lowest BCUT2D eigenvalue weighted by molar-refractivity contribution is 0.0954. The lowest BCUT2D eigenvalue weighted by atomic mass is 10.0. The Bertz CT molecular complexity index is 820. The van der Waals surface area contributed by atoms with Crippen molar-refractivity contribution in [1.29, 1.82) is 0 Å². The molecule has 124 valence electrons. The molecule has 2 aromatic heterocycles. The molecule has 3 aromatic rings. The van der Waals surface area contributed by atoms with Gasteiger partial charge in [0.2, 0.25) is 0 Å². The van der Waals surface area contributed by atoms with Crippen LogP contribution in [0.3, 0.4) is 0 Å². The Balaban J connectivity index is 1.59. The molecule has 0 radical (unpaired) electrons. The summed E-state index contributed by atoms with van der Waals surface area (Å²) in [6.45, 7) is 2.56. The zero-order chi connectivity index (χ0) is 16.9. The quantitative estimate of drug-likeness (QED) is 0.609. The highest BCUT2D eigenvalue weighted by molar-refractivity contribution is 6.00. The number of rotatable bonds is 6. The van der Waals surface area contributed by atoms with Crippen molar-refractivity contribution in [3.63, 3.8) is 0 Å². The number of hydrogen-bond donors (Lipinski definition) is 3. The smallest absolute Gasteiger partial charge is 0.253 e. The van der Waals surface area contributed by atoms with E-state index in [2.05, 4.69) is 20.5 Å². The maximum absolute atomic E-state index is 13.0. The number of halogens is 1. The molecule has 0 bridgehead atoms. The monoisotopic (exact) mass is 326 g/mol. The lowest BCUT2D eigenvalue weighted by Gasteiger charge is -2.06. The highest BCUT2D eigenvalue weighted by atomic mass is 19.1. The second-order valence-corrected chi connectivity index (χ2v) is 5.67. The number of aryl methyl sites for hydroxylation is 2. The summed E-state index contributed by atoms with van der Waals surface area (Å²) in [5.74, 6) is -0.436. The molecule has 0 saturated carbocycles. The third-order valence-electron chi connectivity index (χ3n) is 3.99. The number of nitrogens with one attached hydrogen (secondary N) is 3. The van der Waals surface area contributed by atoms with Gasteiger partial charge in [-0.15, -0.1) is 0 Å². The number of carbonyl (C=O) groups excluding carboxylic acids is 1. The van der Waals surface area contributed by atoms with E-state index in [4.69, 9.17) is 0 Å².